The molecule has 0 aliphatic rings. The number of nitrogens with zero attached hydrogens (tertiary/aromatic N) is 1. The number of aromatic nitrogens is 1. The molecule has 0 bridgehead atoms. The fourth-order valence-corrected chi connectivity index (χ4v) is 2.90. The van der Waals surface area contributed by atoms with Crippen LogP contribution in [0.15, 0.2) is 46.5 Å². The zero-order chi connectivity index (χ0) is 18.2. The van der Waals surface area contributed by atoms with Crippen LogP contribution >= 0.6 is 11.8 Å². The smallest absolute Gasteiger partial charge is 0.341 e. The van der Waals surface area contributed by atoms with Gasteiger partial charge in [0.25, 0.3) is 5.91 Å². The summed E-state index contributed by atoms with van der Waals surface area (Å²) in [4.78, 5) is 29.0. The Balaban J connectivity index is 2.09. The summed E-state index contributed by atoms with van der Waals surface area (Å²) >= 11 is 1.37. The molecule has 0 aliphatic heterocycles. The number of esters is 1. The number of carbonyl (C=O) groups is 2. The zero-order valence-electron chi connectivity index (χ0n) is 14.0. The summed E-state index contributed by atoms with van der Waals surface area (Å²) in [6.45, 7) is 3.78. The molecule has 0 atom stereocenters. The highest BCUT2D eigenvalue weighted by Crippen LogP contribution is 2.30. The lowest BCUT2D eigenvalue weighted by atomic mass is 10.1. The average molecular weight is 354 g/mol. The molecule has 2 aromatic rings. The molecule has 0 spiro atoms. The summed E-state index contributed by atoms with van der Waals surface area (Å²) in [7, 11) is 0. The molecule has 1 N–H and O–H groups in total. The van der Waals surface area contributed by atoms with Gasteiger partial charge >= 0.3 is 5.97 Å². The van der Waals surface area contributed by atoms with Gasteiger partial charge in [0.15, 0.2) is 6.61 Å². The first-order valence-corrected chi connectivity index (χ1v) is 8.40. The normalized spacial score (nSPS) is 9.96. The van der Waals surface area contributed by atoms with Crippen LogP contribution < -0.4 is 5.32 Å². The third-order valence-electron chi connectivity index (χ3n) is 3.41. The molecule has 1 heterocycles. The number of benzene rings is 1. The van der Waals surface area contributed by atoms with Crippen molar-refractivity contribution in [3.8, 4) is 12.3 Å². The molecule has 5 nitrogen and oxygen atoms in total. The van der Waals surface area contributed by atoms with Crippen LogP contribution in [0, 0.1) is 26.2 Å². The van der Waals surface area contributed by atoms with Gasteiger partial charge in [-0.3, -0.25) is 4.79 Å². The highest BCUT2D eigenvalue weighted by atomic mass is 32.2. The predicted octanol–water partition coefficient (Wildman–Crippen LogP) is 2.76. The van der Waals surface area contributed by atoms with Crippen molar-refractivity contribution < 1.29 is 14.3 Å². The number of hydrogen-bond acceptors (Lipinski definition) is 5. The number of nitrogens with one attached hydrogen (secondary N) is 1. The first-order chi connectivity index (χ1) is 12.0. The van der Waals surface area contributed by atoms with Gasteiger partial charge in [-0.05, 0) is 49.2 Å². The molecular formula is C19H18N2O3S. The molecule has 0 fully saturated rings. The summed E-state index contributed by atoms with van der Waals surface area (Å²) in [6, 6.07) is 9.31. The molecule has 0 unspecified atom stereocenters. The SMILES string of the molecule is C#CCNC(=O)COC(=O)c1cccnc1Sc1ccc(C)c(C)c1. The summed E-state index contributed by atoms with van der Waals surface area (Å²) in [5.74, 6) is 1.23. The number of pyridine rings is 1. The van der Waals surface area contributed by atoms with Gasteiger partial charge in [0.2, 0.25) is 0 Å². The maximum atomic E-state index is 12.3. The van der Waals surface area contributed by atoms with E-state index in [0.717, 1.165) is 10.5 Å². The third-order valence-corrected chi connectivity index (χ3v) is 4.41. The number of terminal acetylenes is 1. The Morgan fingerprint density at radius 1 is 1.28 bits per heavy atom. The van der Waals surface area contributed by atoms with Crippen LogP contribution in [0.2, 0.25) is 0 Å². The fraction of sp³-hybridized carbons (Fsp3) is 0.211. The van der Waals surface area contributed by atoms with Crippen molar-refractivity contribution in [2.75, 3.05) is 13.2 Å². The van der Waals surface area contributed by atoms with E-state index in [1.807, 2.05) is 32.0 Å². The molecule has 1 amide bonds. The summed E-state index contributed by atoms with van der Waals surface area (Å²) < 4.78 is 5.04. The van der Waals surface area contributed by atoms with Gasteiger partial charge in [0.05, 0.1) is 12.1 Å². The van der Waals surface area contributed by atoms with Gasteiger partial charge in [-0.1, -0.05) is 23.7 Å². The lowest BCUT2D eigenvalue weighted by molar-refractivity contribution is -0.123. The van der Waals surface area contributed by atoms with Crippen LogP contribution in [0.25, 0.3) is 0 Å². The second kappa shape index (κ2) is 8.90. The molecule has 0 aliphatic carbocycles. The third kappa shape index (κ3) is 5.37. The van der Waals surface area contributed by atoms with Gasteiger partial charge in [0, 0.05) is 11.1 Å². The highest BCUT2D eigenvalue weighted by Gasteiger charge is 2.16. The monoisotopic (exact) mass is 354 g/mol. The van der Waals surface area contributed by atoms with E-state index in [-0.39, 0.29) is 13.2 Å². The summed E-state index contributed by atoms with van der Waals surface area (Å²) in [5.41, 5.74) is 2.67. The predicted molar refractivity (Wildman–Crippen MR) is 96.4 cm³/mol. The number of hydrogen-bond donors (Lipinski definition) is 1. The van der Waals surface area contributed by atoms with Crippen molar-refractivity contribution in [2.45, 2.75) is 23.8 Å². The van der Waals surface area contributed by atoms with Crippen LogP contribution in [-0.2, 0) is 9.53 Å². The zero-order valence-corrected chi connectivity index (χ0v) is 14.9. The molecular weight excluding hydrogens is 336 g/mol. The Hall–Kier alpha value is -2.78. The van der Waals surface area contributed by atoms with Gasteiger partial charge in [-0.2, -0.15) is 0 Å². The second-order valence-corrected chi connectivity index (χ2v) is 6.32. The second-order valence-electron chi connectivity index (χ2n) is 5.26. The largest absolute Gasteiger partial charge is 0.452 e. The molecule has 128 valence electrons. The van der Waals surface area contributed by atoms with Gasteiger partial charge in [0.1, 0.15) is 5.03 Å². The van der Waals surface area contributed by atoms with E-state index >= 15 is 0 Å². The van der Waals surface area contributed by atoms with E-state index in [2.05, 4.69) is 16.2 Å². The van der Waals surface area contributed by atoms with Crippen molar-refractivity contribution in [3.63, 3.8) is 0 Å². The van der Waals surface area contributed by atoms with Gasteiger partial charge in [-0.15, -0.1) is 6.42 Å². The molecule has 0 saturated heterocycles. The average Bonchev–Trinajstić information content (AvgIpc) is 2.61. The lowest BCUT2D eigenvalue weighted by Gasteiger charge is -2.09. The molecule has 25 heavy (non-hydrogen) atoms. The number of aryl methyl sites for hydroxylation is 2. The number of ether oxygens (including phenoxy) is 1. The fourth-order valence-electron chi connectivity index (χ4n) is 1.93. The molecule has 2 rings (SSSR count). The maximum Gasteiger partial charge on any atom is 0.341 e. The van der Waals surface area contributed by atoms with Gasteiger partial charge in [-0.25, -0.2) is 9.78 Å². The topological polar surface area (TPSA) is 68.3 Å². The van der Waals surface area contributed by atoms with Crippen LogP contribution in [-0.4, -0.2) is 30.0 Å². The molecule has 1 aromatic heterocycles. The molecule has 1 aromatic carbocycles. The molecule has 0 saturated carbocycles. The van der Waals surface area contributed by atoms with E-state index in [1.165, 1.54) is 17.3 Å². The van der Waals surface area contributed by atoms with Crippen LogP contribution in [0.5, 0.6) is 0 Å². The number of amides is 1. The van der Waals surface area contributed by atoms with Crippen LogP contribution in [0.4, 0.5) is 0 Å². The van der Waals surface area contributed by atoms with E-state index in [1.54, 1.807) is 18.3 Å². The van der Waals surface area contributed by atoms with E-state index < -0.39 is 11.9 Å². The number of rotatable bonds is 6. The van der Waals surface area contributed by atoms with Crippen molar-refractivity contribution >= 4 is 23.6 Å². The van der Waals surface area contributed by atoms with Crippen molar-refractivity contribution in [2.24, 2.45) is 0 Å². The van der Waals surface area contributed by atoms with E-state index in [0.29, 0.717) is 10.6 Å². The van der Waals surface area contributed by atoms with Crippen molar-refractivity contribution in [3.05, 3.63) is 53.2 Å². The van der Waals surface area contributed by atoms with Gasteiger partial charge < -0.3 is 10.1 Å². The summed E-state index contributed by atoms with van der Waals surface area (Å²) in [6.07, 6.45) is 6.66. The Kier molecular flexibility index (Phi) is 6.61. The Bertz CT molecular complexity index is 828. The van der Waals surface area contributed by atoms with Crippen molar-refractivity contribution in [1.29, 1.82) is 0 Å². The Labute approximate surface area is 151 Å². The number of carbonyl (C=O) groups excluding carboxylic acids is 2. The minimum absolute atomic E-state index is 0.0944. The molecule has 0 radical (unpaired) electrons. The van der Waals surface area contributed by atoms with Crippen LogP contribution in [0.1, 0.15) is 21.5 Å². The molecule has 6 heteroatoms. The lowest BCUT2D eigenvalue weighted by Crippen LogP contribution is -2.29. The first-order valence-electron chi connectivity index (χ1n) is 7.58. The van der Waals surface area contributed by atoms with E-state index in [9.17, 15) is 9.59 Å². The maximum absolute atomic E-state index is 12.3. The van der Waals surface area contributed by atoms with E-state index in [4.69, 9.17) is 11.2 Å². The van der Waals surface area contributed by atoms with Crippen LogP contribution in [0.3, 0.4) is 0 Å². The quantitative estimate of drug-likeness (QED) is 0.638. The standard InChI is InChI=1S/C19H18N2O3S/c1-4-9-20-17(22)12-24-19(23)16-6-5-10-21-18(16)25-15-8-7-13(2)14(3)11-15/h1,5-8,10-11H,9,12H2,2-3H3,(H,20,22). The summed E-state index contributed by atoms with van der Waals surface area (Å²) in [5, 5.41) is 2.96. The first kappa shape index (κ1) is 18.6. The minimum atomic E-state index is -0.602. The Morgan fingerprint density at radius 2 is 2.08 bits per heavy atom. The van der Waals surface area contributed by atoms with Crippen molar-refractivity contribution in [1.82, 2.24) is 10.3 Å². The Morgan fingerprint density at radius 3 is 2.80 bits per heavy atom. The highest BCUT2D eigenvalue weighted by molar-refractivity contribution is 7.99. The minimum Gasteiger partial charge on any atom is -0.452 e.